The first-order chi connectivity index (χ1) is 24.8. The highest BCUT2D eigenvalue weighted by molar-refractivity contribution is 5.08. The normalized spacial score (nSPS) is 43.9. The molecule has 6 nitrogen and oxygen atoms in total. The largest absolute Gasteiger partial charge is 0.301 e. The third-order valence-corrected chi connectivity index (χ3v) is 16.9. The fourth-order valence-corrected chi connectivity index (χ4v) is 14.5. The van der Waals surface area contributed by atoms with Crippen LogP contribution >= 0.6 is 0 Å². The molecule has 3 aliphatic heterocycles. The first-order valence-corrected chi connectivity index (χ1v) is 23.4. The Morgan fingerprint density at radius 2 is 0.900 bits per heavy atom. The van der Waals surface area contributed by atoms with Gasteiger partial charge in [-0.1, -0.05) is 77.0 Å². The van der Waals surface area contributed by atoms with E-state index in [9.17, 15) is 0 Å². The lowest BCUT2D eigenvalue weighted by atomic mass is 9.73. The number of nitrogens with zero attached hydrogens (tertiary/aromatic N) is 2. The van der Waals surface area contributed by atoms with Gasteiger partial charge >= 0.3 is 0 Å². The van der Waals surface area contributed by atoms with Crippen molar-refractivity contribution >= 4 is 0 Å². The predicted octanol–water partition coefficient (Wildman–Crippen LogP) is 8.61. The molecule has 7 atom stereocenters. The van der Waals surface area contributed by atoms with Gasteiger partial charge in [-0.3, -0.25) is 25.8 Å². The van der Waals surface area contributed by atoms with Gasteiger partial charge in [0.05, 0.1) is 24.7 Å². The number of hydrogen-bond donors (Lipinski definition) is 4. The molecular formula is C44H78N6. The summed E-state index contributed by atoms with van der Waals surface area (Å²) in [4.78, 5) is 6.43. The van der Waals surface area contributed by atoms with Gasteiger partial charge in [0.1, 0.15) is 0 Å². The van der Waals surface area contributed by atoms with Crippen LogP contribution in [-0.4, -0.2) is 71.2 Å². The summed E-state index contributed by atoms with van der Waals surface area (Å²) in [7, 11) is 0. The molecule has 0 aromatic carbocycles. The smallest absolute Gasteiger partial charge is 0.0634 e. The van der Waals surface area contributed by atoms with Crippen molar-refractivity contribution in [3.63, 3.8) is 0 Å². The molecule has 6 heteroatoms. The molecule has 0 bridgehead atoms. The maximum absolute atomic E-state index is 4.25. The molecule has 0 aromatic rings. The lowest BCUT2D eigenvalue weighted by molar-refractivity contribution is -0.0102. The second-order valence-electron chi connectivity index (χ2n) is 19.7. The van der Waals surface area contributed by atoms with Crippen molar-refractivity contribution in [3.05, 3.63) is 0 Å². The maximum Gasteiger partial charge on any atom is 0.0634 e. The average molecular weight is 691 g/mol. The van der Waals surface area contributed by atoms with Gasteiger partial charge < -0.3 is 5.32 Å². The summed E-state index contributed by atoms with van der Waals surface area (Å²) < 4.78 is 0. The average Bonchev–Trinajstić information content (AvgIpc) is 3.53. The van der Waals surface area contributed by atoms with Crippen molar-refractivity contribution in [2.24, 2.45) is 29.6 Å². The molecule has 9 fully saturated rings. The summed E-state index contributed by atoms with van der Waals surface area (Å²) in [6.07, 6.45) is 44.5. The number of likely N-dealkylation sites (tertiary alicyclic amines) is 1. The molecule has 9 aliphatic rings. The molecule has 6 saturated carbocycles. The number of rotatable bonds is 7. The van der Waals surface area contributed by atoms with E-state index >= 15 is 0 Å². The van der Waals surface area contributed by atoms with Gasteiger partial charge in [0, 0.05) is 30.2 Å². The third-order valence-electron chi connectivity index (χ3n) is 16.9. The minimum Gasteiger partial charge on any atom is -0.301 e. The van der Waals surface area contributed by atoms with Crippen molar-refractivity contribution in [3.8, 4) is 0 Å². The number of piperidine rings is 1. The number of hydrogen-bond acceptors (Lipinski definition) is 6. The van der Waals surface area contributed by atoms with Crippen LogP contribution in [0.3, 0.4) is 0 Å². The highest BCUT2D eigenvalue weighted by Gasteiger charge is 2.55. The van der Waals surface area contributed by atoms with Crippen LogP contribution < -0.4 is 21.3 Å². The summed E-state index contributed by atoms with van der Waals surface area (Å²) >= 11 is 0. The molecule has 284 valence electrons. The fourth-order valence-electron chi connectivity index (χ4n) is 14.5. The van der Waals surface area contributed by atoms with Gasteiger partial charge in [-0.05, 0) is 145 Å². The van der Waals surface area contributed by atoms with E-state index in [1.807, 2.05) is 0 Å². The van der Waals surface area contributed by atoms with E-state index in [0.717, 1.165) is 59.8 Å². The highest BCUT2D eigenvalue weighted by Crippen LogP contribution is 2.51. The molecule has 3 heterocycles. The maximum atomic E-state index is 4.25. The molecule has 7 unspecified atom stereocenters. The summed E-state index contributed by atoms with van der Waals surface area (Å²) in [5, 5.41) is 16.9. The van der Waals surface area contributed by atoms with Crippen LogP contribution in [0.15, 0.2) is 0 Å². The minimum absolute atomic E-state index is 0.504. The Bertz CT molecular complexity index is 993. The van der Waals surface area contributed by atoms with E-state index in [-0.39, 0.29) is 0 Å². The van der Waals surface area contributed by atoms with Crippen LogP contribution in [0.1, 0.15) is 186 Å². The lowest BCUT2D eigenvalue weighted by Gasteiger charge is -2.51. The van der Waals surface area contributed by atoms with Crippen LogP contribution in [0.5, 0.6) is 0 Å². The van der Waals surface area contributed by atoms with Crippen molar-refractivity contribution < 1.29 is 0 Å². The van der Waals surface area contributed by atoms with Gasteiger partial charge in [-0.2, -0.15) is 0 Å². The van der Waals surface area contributed by atoms with E-state index in [2.05, 4.69) is 31.1 Å². The van der Waals surface area contributed by atoms with E-state index in [0.29, 0.717) is 24.7 Å². The topological polar surface area (TPSA) is 54.6 Å². The molecule has 0 amide bonds. The molecule has 9 rings (SSSR count). The zero-order chi connectivity index (χ0) is 33.3. The molecule has 0 aromatic heterocycles. The second kappa shape index (κ2) is 16.6. The van der Waals surface area contributed by atoms with Gasteiger partial charge in [0.25, 0.3) is 0 Å². The quantitative estimate of drug-likeness (QED) is 0.215. The van der Waals surface area contributed by atoms with Crippen molar-refractivity contribution in [2.45, 2.75) is 241 Å². The molecule has 0 spiro atoms. The van der Waals surface area contributed by atoms with Gasteiger partial charge in [0.2, 0.25) is 0 Å². The molecule has 4 N–H and O–H groups in total. The molecule has 0 radical (unpaired) electrons. The Morgan fingerprint density at radius 3 is 1.44 bits per heavy atom. The summed E-state index contributed by atoms with van der Waals surface area (Å²) in [5.74, 6) is 4.27. The Labute approximate surface area is 307 Å². The van der Waals surface area contributed by atoms with Crippen LogP contribution in [0.25, 0.3) is 0 Å². The zero-order valence-electron chi connectivity index (χ0n) is 32.2. The van der Waals surface area contributed by atoms with Gasteiger partial charge in [0.15, 0.2) is 0 Å². The summed E-state index contributed by atoms with van der Waals surface area (Å²) in [5.41, 5.74) is 0. The van der Waals surface area contributed by atoms with Crippen molar-refractivity contribution in [1.82, 2.24) is 31.1 Å². The lowest BCUT2D eigenvalue weighted by Crippen LogP contribution is -2.72. The molecule has 3 saturated heterocycles. The van der Waals surface area contributed by atoms with Crippen LogP contribution in [0, 0.1) is 29.6 Å². The van der Waals surface area contributed by atoms with Crippen LogP contribution in [0.2, 0.25) is 0 Å². The SMILES string of the molecule is C1CCC(C2NC(C3CCCCC3)NC(C3CCC(N4C5CCC(N(C6CCCCC6)C6CCCCC6)CC5C5CCCNC54)CC3)N2)CC1. The van der Waals surface area contributed by atoms with Crippen molar-refractivity contribution in [2.75, 3.05) is 6.54 Å². The molecular weight excluding hydrogens is 613 g/mol. The van der Waals surface area contributed by atoms with E-state index in [1.165, 1.54) is 193 Å². The Kier molecular flexibility index (Phi) is 11.8. The van der Waals surface area contributed by atoms with Gasteiger partial charge in [-0.15, -0.1) is 0 Å². The Morgan fingerprint density at radius 1 is 0.400 bits per heavy atom. The standard InChI is InChI=1S/C44H78N6/c1-5-14-31(15-6-1)41-46-42(32-16-7-2-8-17-32)48-43(47-41)33-23-25-36(26-24-33)50-40-28-27-37(30-39(40)38-22-13-29-45-44(38)50)49(34-18-9-3-10-19-34)35-20-11-4-12-21-35/h31-48H,1-30H2. The highest BCUT2D eigenvalue weighted by atomic mass is 15.4. The molecule has 50 heavy (non-hydrogen) atoms. The molecule has 6 aliphatic carbocycles. The van der Waals surface area contributed by atoms with E-state index in [4.69, 9.17) is 0 Å². The van der Waals surface area contributed by atoms with Crippen molar-refractivity contribution in [1.29, 1.82) is 0 Å². The first kappa shape index (κ1) is 35.5. The fraction of sp³-hybridized carbons (Fsp3) is 1.00. The number of nitrogens with one attached hydrogen (secondary N) is 4. The van der Waals surface area contributed by atoms with E-state index in [1.54, 1.807) is 0 Å². The summed E-state index contributed by atoms with van der Waals surface area (Å²) in [6, 6.07) is 4.30. The van der Waals surface area contributed by atoms with Gasteiger partial charge in [-0.25, -0.2) is 0 Å². The Hall–Kier alpha value is -0.240. The zero-order valence-corrected chi connectivity index (χ0v) is 32.2. The van der Waals surface area contributed by atoms with E-state index < -0.39 is 0 Å². The third kappa shape index (κ3) is 7.53. The number of fused-ring (bicyclic) bond motifs is 3. The minimum atomic E-state index is 0.504. The predicted molar refractivity (Wildman–Crippen MR) is 207 cm³/mol. The first-order valence-electron chi connectivity index (χ1n) is 23.4. The van der Waals surface area contributed by atoms with Crippen LogP contribution in [-0.2, 0) is 0 Å². The summed E-state index contributed by atoms with van der Waals surface area (Å²) in [6.45, 7) is 1.25. The Balaban J connectivity index is 0.870. The second-order valence-corrected chi connectivity index (χ2v) is 19.7. The van der Waals surface area contributed by atoms with Crippen LogP contribution in [0.4, 0.5) is 0 Å². The monoisotopic (exact) mass is 691 g/mol.